The molecule has 0 aliphatic carbocycles. The molecule has 0 unspecified atom stereocenters. The van der Waals surface area contributed by atoms with Crippen molar-refractivity contribution in [2.24, 2.45) is 11.8 Å². The molecular weight excluding hydrogens is 708 g/mol. The van der Waals surface area contributed by atoms with Gasteiger partial charge in [-0.3, -0.25) is 23.8 Å². The lowest BCUT2D eigenvalue weighted by Gasteiger charge is -2.52. The summed E-state index contributed by atoms with van der Waals surface area (Å²) in [5.74, 6) is -3.74. The monoisotopic (exact) mass is 746 g/mol. The number of methoxy groups -OCH3 is 2. The minimum atomic E-state index is -3.02. The summed E-state index contributed by atoms with van der Waals surface area (Å²) >= 11 is 1.23. The Morgan fingerprint density at radius 3 is 1.94 bits per heavy atom. The molecule has 0 spiro atoms. The normalized spacial score (nSPS) is 17.3. The third-order valence-corrected chi connectivity index (χ3v) is 15.5. The van der Waals surface area contributed by atoms with Crippen LogP contribution in [-0.4, -0.2) is 74.1 Å². The highest BCUT2D eigenvalue weighted by Crippen LogP contribution is 2.50. The largest absolute Gasteiger partial charge is 0.393 e. The molecule has 4 heterocycles. The van der Waals surface area contributed by atoms with Gasteiger partial charge in [0.25, 0.3) is 0 Å². The molecule has 3 aromatic heterocycles. The third kappa shape index (κ3) is 5.80. The Balaban J connectivity index is 1.39. The highest BCUT2D eigenvalue weighted by atomic mass is 32.1. The molecule has 4 atom stereocenters. The lowest BCUT2D eigenvalue weighted by atomic mass is 9.75. The second-order valence-electron chi connectivity index (χ2n) is 12.9. The number of carbonyl (C=O) groups excluding carboxylic acids is 3. The number of nitrogens with zero attached hydrogens (tertiary/aromatic N) is 4. The van der Waals surface area contributed by atoms with Crippen LogP contribution in [0.3, 0.4) is 0 Å². The Morgan fingerprint density at radius 1 is 0.906 bits per heavy atom. The molecule has 0 radical (unpaired) electrons. The molecule has 1 fully saturated rings. The molecule has 7 rings (SSSR count). The zero-order valence-electron chi connectivity index (χ0n) is 29.6. The van der Waals surface area contributed by atoms with Crippen molar-refractivity contribution in [2.75, 3.05) is 14.2 Å². The van der Waals surface area contributed by atoms with Gasteiger partial charge in [0.05, 0.1) is 28.4 Å². The number of aromatic nitrogens is 3. The van der Waals surface area contributed by atoms with Crippen LogP contribution in [-0.2, 0) is 24.8 Å². The van der Waals surface area contributed by atoms with Gasteiger partial charge in [0.15, 0.2) is 12.1 Å². The summed E-state index contributed by atoms with van der Waals surface area (Å²) in [5, 5.41) is 13.7. The van der Waals surface area contributed by atoms with E-state index in [4.69, 9.17) is 9.47 Å². The number of ketones is 1. The van der Waals surface area contributed by atoms with Crippen LogP contribution in [0.5, 0.6) is 0 Å². The summed E-state index contributed by atoms with van der Waals surface area (Å²) in [4.78, 5) is 54.1. The minimum Gasteiger partial charge on any atom is -0.393 e. The Bertz CT molecular complexity index is 2200. The van der Waals surface area contributed by atoms with E-state index in [1.807, 2.05) is 97.1 Å². The van der Waals surface area contributed by atoms with E-state index >= 15 is 0 Å². The molecule has 1 aliphatic heterocycles. The average molecular weight is 747 g/mol. The first kappa shape index (κ1) is 36.3. The fourth-order valence-electron chi connectivity index (χ4n) is 7.65. The Morgan fingerprint density at radius 2 is 1.47 bits per heavy atom. The van der Waals surface area contributed by atoms with Crippen LogP contribution < -0.4 is 15.9 Å². The van der Waals surface area contributed by atoms with Gasteiger partial charge in [0, 0.05) is 51.2 Å². The van der Waals surface area contributed by atoms with Crippen LogP contribution >= 0.6 is 18.2 Å². The first-order valence-electron chi connectivity index (χ1n) is 17.2. The van der Waals surface area contributed by atoms with Crippen molar-refractivity contribution in [3.05, 3.63) is 144 Å². The van der Waals surface area contributed by atoms with Crippen LogP contribution in [0.15, 0.2) is 128 Å². The number of carbonyl (C=O) groups is 3. The van der Waals surface area contributed by atoms with Gasteiger partial charge in [0.2, 0.25) is 11.7 Å². The summed E-state index contributed by atoms with van der Waals surface area (Å²) in [7, 11) is 3.04. The molecule has 53 heavy (non-hydrogen) atoms. The van der Waals surface area contributed by atoms with Gasteiger partial charge in [-0.15, -0.1) is 11.3 Å². The lowest BCUT2D eigenvalue weighted by Crippen LogP contribution is -2.69. The molecular formula is C41H39N4O6PS. The van der Waals surface area contributed by atoms with Gasteiger partial charge in [-0.1, -0.05) is 104 Å². The van der Waals surface area contributed by atoms with E-state index < -0.39 is 42.6 Å². The molecule has 6 aromatic rings. The highest BCUT2D eigenvalue weighted by Gasteiger charge is 2.56. The number of pyridine rings is 1. The maximum Gasteiger partial charge on any atom is 0.243 e. The number of amides is 1. The number of hydrogen-bond acceptors (Lipinski definition) is 9. The number of rotatable bonds is 13. The van der Waals surface area contributed by atoms with E-state index in [0.717, 1.165) is 22.2 Å². The Labute approximate surface area is 311 Å². The number of Topliss-reactive ketones (excluding diaryl/α,β-unsaturated/α-hetero) is 1. The number of thiazole rings is 1. The number of aldehydes is 1. The third-order valence-electron chi connectivity index (χ3n) is 10.1. The van der Waals surface area contributed by atoms with E-state index in [1.54, 1.807) is 49.2 Å². The molecule has 3 aromatic carbocycles. The minimum absolute atomic E-state index is 0.243. The smallest absolute Gasteiger partial charge is 0.243 e. The Kier molecular flexibility index (Phi) is 10.1. The SMILES string of the molecule is COC(OC)(c1cccnc1)c1ncn2cc(C(=O)[C@H](C)[C@@H]3[C@@H]([C@@H](C)O)C(=O)N3C(C=O)=P(c3ccccc3)(c3ccccc3)c3ccccc3)sc12. The number of ether oxygens (including phenoxy) is 2. The number of fused-ring (bicyclic) bond motifs is 1. The number of hydrogen-bond donors (Lipinski definition) is 1. The van der Waals surface area contributed by atoms with Crippen LogP contribution in [0.2, 0.25) is 0 Å². The number of β-lactam (4-membered cyclic amide) rings is 1. The number of aliphatic hydroxyl groups excluding tert-OH is 1. The Hall–Kier alpha value is -5.03. The van der Waals surface area contributed by atoms with Crippen molar-refractivity contribution in [2.45, 2.75) is 31.8 Å². The van der Waals surface area contributed by atoms with Gasteiger partial charge in [-0.25, -0.2) is 4.98 Å². The van der Waals surface area contributed by atoms with E-state index in [1.165, 1.54) is 30.5 Å². The van der Waals surface area contributed by atoms with Gasteiger partial charge in [-0.2, -0.15) is 0 Å². The molecule has 1 aliphatic rings. The fraction of sp³-hybridized carbons (Fsp3) is 0.220. The second-order valence-corrected chi connectivity index (χ2v) is 17.3. The molecule has 0 bridgehead atoms. The maximum absolute atomic E-state index is 14.6. The van der Waals surface area contributed by atoms with Crippen LogP contribution in [0.25, 0.3) is 4.83 Å². The molecule has 12 heteroatoms. The van der Waals surface area contributed by atoms with E-state index in [-0.39, 0.29) is 11.2 Å². The molecule has 1 N–H and O–H groups in total. The van der Waals surface area contributed by atoms with Crippen LogP contribution in [0.4, 0.5) is 0 Å². The summed E-state index contributed by atoms with van der Waals surface area (Å²) in [6.07, 6.45) is 6.31. The molecule has 0 saturated carbocycles. The van der Waals surface area contributed by atoms with Gasteiger partial charge in [0.1, 0.15) is 16.9 Å². The highest BCUT2D eigenvalue weighted by molar-refractivity contribution is 7.96. The van der Waals surface area contributed by atoms with Crippen LogP contribution in [0, 0.1) is 11.8 Å². The zero-order chi connectivity index (χ0) is 37.3. The maximum atomic E-state index is 14.6. The quantitative estimate of drug-likeness (QED) is 0.0597. The number of imidazole rings is 1. The second kappa shape index (κ2) is 14.8. The zero-order valence-corrected chi connectivity index (χ0v) is 31.4. The van der Waals surface area contributed by atoms with E-state index in [2.05, 4.69) is 9.97 Å². The number of likely N-dealkylation sites (tertiary alicyclic amines) is 1. The van der Waals surface area contributed by atoms with Crippen molar-refractivity contribution in [1.82, 2.24) is 19.3 Å². The molecule has 270 valence electrons. The van der Waals surface area contributed by atoms with Gasteiger partial charge >= 0.3 is 0 Å². The van der Waals surface area contributed by atoms with E-state index in [0.29, 0.717) is 21.0 Å². The summed E-state index contributed by atoms with van der Waals surface area (Å²) < 4.78 is 13.6. The number of aliphatic hydroxyl groups is 1. The van der Waals surface area contributed by atoms with Crippen LogP contribution in [0.1, 0.15) is 34.8 Å². The van der Waals surface area contributed by atoms with Crippen molar-refractivity contribution >= 4 is 62.4 Å². The van der Waals surface area contributed by atoms with Crippen molar-refractivity contribution < 1.29 is 29.0 Å². The van der Waals surface area contributed by atoms with Crippen molar-refractivity contribution in [3.8, 4) is 0 Å². The average Bonchev–Trinajstić information content (AvgIpc) is 3.80. The predicted molar refractivity (Wildman–Crippen MR) is 208 cm³/mol. The molecule has 1 saturated heterocycles. The molecule has 1 amide bonds. The summed E-state index contributed by atoms with van der Waals surface area (Å²) in [6.45, 7) is 0.300. The predicted octanol–water partition coefficient (Wildman–Crippen LogP) is 4.63. The first-order valence-corrected chi connectivity index (χ1v) is 19.8. The molecule has 10 nitrogen and oxygen atoms in total. The van der Waals surface area contributed by atoms with Crippen molar-refractivity contribution in [1.29, 1.82) is 0 Å². The summed E-state index contributed by atoms with van der Waals surface area (Å²) in [5.41, 5.74) is 1.36. The first-order chi connectivity index (χ1) is 25.7. The lowest BCUT2D eigenvalue weighted by molar-refractivity contribution is -0.185. The topological polar surface area (TPSA) is 123 Å². The van der Waals surface area contributed by atoms with Gasteiger partial charge < -0.3 is 19.5 Å². The standard InChI is InChI=1S/C41H39N4O6PS/c1-27(37(48)33-24-44-26-43-38(40(44)53-33)41(50-3,51-4)29-15-14-22-42-23-29)36-35(28(2)47)39(49)45(36)34(25-46)52(30-16-8-5-9-17-30,31-18-10-6-11-19-31)32-20-12-7-13-21-32/h5-28,35-36,47H,1-4H3/t27-,28-,35-,36-/m1/s1. The van der Waals surface area contributed by atoms with Crippen molar-refractivity contribution in [3.63, 3.8) is 0 Å². The number of benzene rings is 3. The fourth-order valence-corrected chi connectivity index (χ4v) is 13.1. The van der Waals surface area contributed by atoms with Gasteiger partial charge in [-0.05, 0) is 28.9 Å². The summed E-state index contributed by atoms with van der Waals surface area (Å²) in [6, 6.07) is 32.0. The van der Waals surface area contributed by atoms with E-state index in [9.17, 15) is 19.5 Å².